The fourth-order valence-corrected chi connectivity index (χ4v) is 2.78. The minimum absolute atomic E-state index is 0.164. The van der Waals surface area contributed by atoms with Crippen LogP contribution in [0.15, 0.2) is 47.5 Å². The number of fused-ring (bicyclic) bond motifs is 1. The smallest absolute Gasteiger partial charge is 0.294 e. The van der Waals surface area contributed by atoms with Crippen molar-refractivity contribution in [2.24, 2.45) is 0 Å². The Bertz CT molecular complexity index is 902. The summed E-state index contributed by atoms with van der Waals surface area (Å²) in [7, 11) is -4.23. The summed E-state index contributed by atoms with van der Waals surface area (Å²) in [5.41, 5.74) is 2.02. The van der Waals surface area contributed by atoms with E-state index in [1.807, 2.05) is 29.7 Å². The van der Waals surface area contributed by atoms with Gasteiger partial charge in [0.15, 0.2) is 5.82 Å². The standard InChI is InChI=1S/C14H13N3O3S/c1-2-17-13-7-6-10(21(18,19)20)9-12(13)16-14(17)11-5-3-4-8-15-11/h3-9H,2H2,1H3,(H,18,19,20). The summed E-state index contributed by atoms with van der Waals surface area (Å²) in [5, 5.41) is 0. The van der Waals surface area contributed by atoms with Crippen LogP contribution in [0.5, 0.6) is 0 Å². The molecule has 0 fully saturated rings. The van der Waals surface area contributed by atoms with Gasteiger partial charge in [-0.05, 0) is 37.3 Å². The number of nitrogens with zero attached hydrogens (tertiary/aromatic N) is 3. The summed E-state index contributed by atoms with van der Waals surface area (Å²) in [6.45, 7) is 2.65. The van der Waals surface area contributed by atoms with E-state index in [1.165, 1.54) is 12.1 Å². The molecule has 0 spiro atoms. The van der Waals surface area contributed by atoms with Gasteiger partial charge in [-0.3, -0.25) is 9.54 Å². The molecule has 21 heavy (non-hydrogen) atoms. The first-order valence-electron chi connectivity index (χ1n) is 6.40. The Hall–Kier alpha value is -2.25. The second kappa shape index (κ2) is 4.94. The van der Waals surface area contributed by atoms with E-state index in [0.717, 1.165) is 5.52 Å². The maximum absolute atomic E-state index is 11.2. The molecule has 0 bridgehead atoms. The van der Waals surface area contributed by atoms with Gasteiger partial charge in [-0.2, -0.15) is 8.42 Å². The Morgan fingerprint density at radius 3 is 2.67 bits per heavy atom. The van der Waals surface area contributed by atoms with Crippen molar-refractivity contribution in [2.45, 2.75) is 18.4 Å². The third kappa shape index (κ3) is 2.41. The van der Waals surface area contributed by atoms with Crippen LogP contribution in [0.25, 0.3) is 22.6 Å². The molecule has 2 heterocycles. The molecule has 0 saturated carbocycles. The van der Waals surface area contributed by atoms with Gasteiger partial charge in [-0.15, -0.1) is 0 Å². The van der Waals surface area contributed by atoms with Crippen molar-refractivity contribution in [3.63, 3.8) is 0 Å². The summed E-state index contributed by atoms with van der Waals surface area (Å²) in [4.78, 5) is 8.56. The predicted octanol–water partition coefficient (Wildman–Crippen LogP) is 2.36. The lowest BCUT2D eigenvalue weighted by Gasteiger charge is -2.05. The zero-order valence-electron chi connectivity index (χ0n) is 11.3. The molecule has 108 valence electrons. The molecular formula is C14H13N3O3S. The number of rotatable bonds is 3. The molecule has 7 heteroatoms. The Kier molecular flexibility index (Phi) is 3.23. The molecule has 0 atom stereocenters. The first-order chi connectivity index (χ1) is 10.0. The lowest BCUT2D eigenvalue weighted by Crippen LogP contribution is -1.99. The molecule has 3 rings (SSSR count). The molecule has 0 aliphatic heterocycles. The fraction of sp³-hybridized carbons (Fsp3) is 0.143. The number of hydrogen-bond acceptors (Lipinski definition) is 4. The average molecular weight is 303 g/mol. The molecule has 0 unspecified atom stereocenters. The number of benzene rings is 1. The number of aromatic nitrogens is 3. The highest BCUT2D eigenvalue weighted by Gasteiger charge is 2.16. The highest BCUT2D eigenvalue weighted by atomic mass is 32.2. The molecule has 3 aromatic rings. The molecular weight excluding hydrogens is 290 g/mol. The second-order valence-corrected chi connectivity index (χ2v) is 5.94. The van der Waals surface area contributed by atoms with E-state index in [0.29, 0.717) is 23.6 Å². The topological polar surface area (TPSA) is 85.1 Å². The highest BCUT2D eigenvalue weighted by Crippen LogP contribution is 2.25. The number of aryl methyl sites for hydroxylation is 1. The van der Waals surface area contributed by atoms with Crippen molar-refractivity contribution < 1.29 is 13.0 Å². The van der Waals surface area contributed by atoms with Crippen molar-refractivity contribution in [1.82, 2.24) is 14.5 Å². The maximum atomic E-state index is 11.2. The Morgan fingerprint density at radius 1 is 1.24 bits per heavy atom. The lowest BCUT2D eigenvalue weighted by molar-refractivity contribution is 0.483. The van der Waals surface area contributed by atoms with Crippen LogP contribution in [0.3, 0.4) is 0 Å². The fourth-order valence-electron chi connectivity index (χ4n) is 2.28. The minimum atomic E-state index is -4.23. The van der Waals surface area contributed by atoms with E-state index in [4.69, 9.17) is 4.55 Å². The Balaban J connectivity index is 2.28. The molecule has 1 N–H and O–H groups in total. The van der Waals surface area contributed by atoms with Gasteiger partial charge in [0.25, 0.3) is 10.1 Å². The van der Waals surface area contributed by atoms with Gasteiger partial charge < -0.3 is 4.57 Å². The molecule has 0 radical (unpaired) electrons. The van der Waals surface area contributed by atoms with Gasteiger partial charge in [0, 0.05) is 12.7 Å². The van der Waals surface area contributed by atoms with Gasteiger partial charge in [0.05, 0.1) is 15.9 Å². The van der Waals surface area contributed by atoms with Crippen LogP contribution >= 0.6 is 0 Å². The van der Waals surface area contributed by atoms with Crippen molar-refractivity contribution >= 4 is 21.2 Å². The van der Waals surface area contributed by atoms with E-state index in [1.54, 1.807) is 12.3 Å². The van der Waals surface area contributed by atoms with Gasteiger partial charge in [0.1, 0.15) is 5.69 Å². The summed E-state index contributed by atoms with van der Waals surface area (Å²) >= 11 is 0. The summed E-state index contributed by atoms with van der Waals surface area (Å²) in [5.74, 6) is 0.667. The Morgan fingerprint density at radius 2 is 2.05 bits per heavy atom. The molecule has 0 aliphatic rings. The molecule has 6 nitrogen and oxygen atoms in total. The van der Waals surface area contributed by atoms with Crippen molar-refractivity contribution in [3.05, 3.63) is 42.6 Å². The van der Waals surface area contributed by atoms with Crippen molar-refractivity contribution in [3.8, 4) is 11.5 Å². The molecule has 0 saturated heterocycles. The van der Waals surface area contributed by atoms with E-state index in [2.05, 4.69) is 9.97 Å². The number of pyridine rings is 1. The van der Waals surface area contributed by atoms with Crippen molar-refractivity contribution in [2.75, 3.05) is 0 Å². The van der Waals surface area contributed by atoms with Crippen LogP contribution in [0.4, 0.5) is 0 Å². The quantitative estimate of drug-likeness (QED) is 0.751. The number of imidazole rings is 1. The van der Waals surface area contributed by atoms with Crippen LogP contribution < -0.4 is 0 Å². The van der Waals surface area contributed by atoms with Crippen LogP contribution in [0.2, 0.25) is 0 Å². The molecule has 1 aromatic carbocycles. The van der Waals surface area contributed by atoms with E-state index < -0.39 is 10.1 Å². The van der Waals surface area contributed by atoms with Gasteiger partial charge in [-0.25, -0.2) is 4.98 Å². The third-order valence-corrected chi connectivity index (χ3v) is 4.08. The SMILES string of the molecule is CCn1c(-c2ccccn2)nc2cc(S(=O)(=O)O)ccc21. The van der Waals surface area contributed by atoms with Crippen LogP contribution in [0, 0.1) is 0 Å². The predicted molar refractivity (Wildman–Crippen MR) is 78.5 cm³/mol. The molecule has 0 amide bonds. The minimum Gasteiger partial charge on any atom is -0.323 e. The van der Waals surface area contributed by atoms with Crippen LogP contribution in [-0.4, -0.2) is 27.5 Å². The lowest BCUT2D eigenvalue weighted by atomic mass is 10.3. The molecule has 2 aromatic heterocycles. The second-order valence-electron chi connectivity index (χ2n) is 4.52. The third-order valence-electron chi connectivity index (χ3n) is 3.23. The van der Waals surface area contributed by atoms with Gasteiger partial charge >= 0.3 is 0 Å². The van der Waals surface area contributed by atoms with E-state index in [9.17, 15) is 8.42 Å². The first kappa shape index (κ1) is 13.7. The van der Waals surface area contributed by atoms with E-state index >= 15 is 0 Å². The zero-order chi connectivity index (χ0) is 15.0. The summed E-state index contributed by atoms with van der Waals surface area (Å²) < 4.78 is 33.5. The summed E-state index contributed by atoms with van der Waals surface area (Å²) in [6, 6.07) is 9.90. The van der Waals surface area contributed by atoms with Crippen molar-refractivity contribution in [1.29, 1.82) is 0 Å². The molecule has 0 aliphatic carbocycles. The summed E-state index contributed by atoms with van der Waals surface area (Å²) in [6.07, 6.45) is 1.68. The van der Waals surface area contributed by atoms with E-state index in [-0.39, 0.29) is 4.90 Å². The average Bonchev–Trinajstić information content (AvgIpc) is 2.84. The van der Waals surface area contributed by atoms with Gasteiger partial charge in [-0.1, -0.05) is 6.07 Å². The van der Waals surface area contributed by atoms with Crippen LogP contribution in [0.1, 0.15) is 6.92 Å². The first-order valence-corrected chi connectivity index (χ1v) is 7.84. The zero-order valence-corrected chi connectivity index (χ0v) is 12.1. The number of hydrogen-bond donors (Lipinski definition) is 1. The monoisotopic (exact) mass is 303 g/mol. The normalized spacial score (nSPS) is 11.9. The van der Waals surface area contributed by atoms with Gasteiger partial charge in [0.2, 0.25) is 0 Å². The largest absolute Gasteiger partial charge is 0.323 e. The maximum Gasteiger partial charge on any atom is 0.294 e. The Labute approximate surface area is 121 Å². The highest BCUT2D eigenvalue weighted by molar-refractivity contribution is 7.85. The van der Waals surface area contributed by atoms with Crippen LogP contribution in [-0.2, 0) is 16.7 Å².